The molecule has 2 aliphatic rings. The Morgan fingerprint density at radius 3 is 2.64 bits per heavy atom. The van der Waals surface area contributed by atoms with Gasteiger partial charge in [0, 0.05) is 55.2 Å². The van der Waals surface area contributed by atoms with E-state index < -0.39 is 10.8 Å². The van der Waals surface area contributed by atoms with Crippen molar-refractivity contribution in [3.63, 3.8) is 0 Å². The van der Waals surface area contributed by atoms with Crippen molar-refractivity contribution in [2.45, 2.75) is 19.0 Å². The molecule has 36 heavy (non-hydrogen) atoms. The molecule has 0 saturated carbocycles. The Morgan fingerprint density at radius 1 is 1.14 bits per heavy atom. The summed E-state index contributed by atoms with van der Waals surface area (Å²) < 4.78 is 19.4. The summed E-state index contributed by atoms with van der Waals surface area (Å²) in [6.45, 7) is 2.10. The van der Waals surface area contributed by atoms with Gasteiger partial charge < -0.3 is 19.9 Å². The molecule has 0 bridgehead atoms. The molecule has 3 aromatic carbocycles. The van der Waals surface area contributed by atoms with Crippen LogP contribution in [0.4, 0.5) is 21.5 Å². The summed E-state index contributed by atoms with van der Waals surface area (Å²) in [4.78, 5) is 28.9. The SMILES string of the molecule is COc1ccc(N2CCN3c4ccc([N+](=O)[O-])cc4C[C@H](C(=O)NCc4ccccc4F)[C@H]3C2)cc1. The first-order valence-electron chi connectivity index (χ1n) is 11.9. The first-order valence-corrected chi connectivity index (χ1v) is 11.9. The lowest BCUT2D eigenvalue weighted by molar-refractivity contribution is -0.384. The van der Waals surface area contributed by atoms with Crippen LogP contribution in [0.25, 0.3) is 0 Å². The molecule has 0 unspecified atom stereocenters. The van der Waals surface area contributed by atoms with Gasteiger partial charge in [-0.3, -0.25) is 14.9 Å². The average Bonchev–Trinajstić information content (AvgIpc) is 2.91. The molecule has 0 aromatic heterocycles. The molecule has 1 amide bonds. The molecule has 8 nitrogen and oxygen atoms in total. The number of halogens is 1. The molecule has 5 rings (SSSR count). The van der Waals surface area contributed by atoms with Crippen molar-refractivity contribution in [2.75, 3.05) is 36.5 Å². The Balaban J connectivity index is 1.43. The zero-order chi connectivity index (χ0) is 25.2. The third-order valence-electron chi connectivity index (χ3n) is 7.09. The van der Waals surface area contributed by atoms with E-state index in [1.54, 1.807) is 37.4 Å². The number of nitro groups is 1. The number of fused-ring (bicyclic) bond motifs is 3. The molecule has 2 heterocycles. The summed E-state index contributed by atoms with van der Waals surface area (Å²) in [5.41, 5.74) is 3.17. The number of carbonyl (C=O) groups excluding carboxylic acids is 1. The van der Waals surface area contributed by atoms with Gasteiger partial charge in [0.25, 0.3) is 5.69 Å². The third kappa shape index (κ3) is 4.56. The zero-order valence-electron chi connectivity index (χ0n) is 19.9. The van der Waals surface area contributed by atoms with Crippen LogP contribution in [0.1, 0.15) is 11.1 Å². The minimum absolute atomic E-state index is 0.00887. The van der Waals surface area contributed by atoms with Gasteiger partial charge in [0.1, 0.15) is 11.6 Å². The molecule has 0 radical (unpaired) electrons. The van der Waals surface area contributed by atoms with Crippen LogP contribution >= 0.6 is 0 Å². The first kappa shape index (κ1) is 23.6. The fourth-order valence-corrected chi connectivity index (χ4v) is 5.21. The third-order valence-corrected chi connectivity index (χ3v) is 7.09. The lowest BCUT2D eigenvalue weighted by Crippen LogP contribution is -2.61. The topological polar surface area (TPSA) is 87.9 Å². The minimum Gasteiger partial charge on any atom is -0.497 e. The van der Waals surface area contributed by atoms with E-state index >= 15 is 0 Å². The van der Waals surface area contributed by atoms with Crippen molar-refractivity contribution >= 4 is 23.0 Å². The van der Waals surface area contributed by atoms with E-state index in [9.17, 15) is 19.3 Å². The molecule has 0 aliphatic carbocycles. The van der Waals surface area contributed by atoms with Crippen LogP contribution in [0.5, 0.6) is 5.75 Å². The van der Waals surface area contributed by atoms with Gasteiger partial charge in [-0.1, -0.05) is 18.2 Å². The molecule has 3 aromatic rings. The van der Waals surface area contributed by atoms with Crippen LogP contribution in [0.2, 0.25) is 0 Å². The fourth-order valence-electron chi connectivity index (χ4n) is 5.21. The van der Waals surface area contributed by atoms with Gasteiger partial charge >= 0.3 is 0 Å². The second kappa shape index (κ2) is 9.85. The minimum atomic E-state index is -0.452. The number of nitrogens with zero attached hydrogens (tertiary/aromatic N) is 3. The molecule has 9 heteroatoms. The molecule has 2 aliphatic heterocycles. The van der Waals surface area contributed by atoms with Gasteiger partial charge in [0.05, 0.1) is 24.0 Å². The lowest BCUT2D eigenvalue weighted by Gasteiger charge is -2.49. The summed E-state index contributed by atoms with van der Waals surface area (Å²) in [7, 11) is 1.63. The largest absolute Gasteiger partial charge is 0.497 e. The summed E-state index contributed by atoms with van der Waals surface area (Å²) >= 11 is 0. The van der Waals surface area contributed by atoms with Gasteiger partial charge in [-0.15, -0.1) is 0 Å². The summed E-state index contributed by atoms with van der Waals surface area (Å²) in [5.74, 6) is -0.238. The number of piperazine rings is 1. The fraction of sp³-hybridized carbons (Fsp3) is 0.296. The number of amides is 1. The van der Waals surface area contributed by atoms with E-state index in [0.717, 1.165) is 29.2 Å². The second-order valence-corrected chi connectivity index (χ2v) is 9.09. The van der Waals surface area contributed by atoms with Crippen molar-refractivity contribution < 1.29 is 18.8 Å². The van der Waals surface area contributed by atoms with Crippen molar-refractivity contribution in [1.29, 1.82) is 0 Å². The van der Waals surface area contributed by atoms with E-state index in [2.05, 4.69) is 15.1 Å². The van der Waals surface area contributed by atoms with Gasteiger partial charge in [-0.05, 0) is 48.4 Å². The Hall–Kier alpha value is -4.14. The van der Waals surface area contributed by atoms with E-state index in [1.165, 1.54) is 12.1 Å². The Morgan fingerprint density at radius 2 is 1.92 bits per heavy atom. The van der Waals surface area contributed by atoms with Crippen molar-refractivity contribution in [3.8, 4) is 5.75 Å². The Kier molecular flexibility index (Phi) is 6.45. The molecule has 0 spiro atoms. The number of nitrogens with one attached hydrogen (secondary N) is 1. The highest BCUT2D eigenvalue weighted by Gasteiger charge is 2.42. The maximum atomic E-state index is 14.1. The Bertz CT molecular complexity index is 1280. The highest BCUT2D eigenvalue weighted by atomic mass is 19.1. The van der Waals surface area contributed by atoms with E-state index in [0.29, 0.717) is 25.1 Å². The average molecular weight is 491 g/mol. The zero-order valence-corrected chi connectivity index (χ0v) is 19.9. The van der Waals surface area contributed by atoms with E-state index in [4.69, 9.17) is 4.74 Å². The quantitative estimate of drug-likeness (QED) is 0.416. The van der Waals surface area contributed by atoms with Crippen LogP contribution in [0.15, 0.2) is 66.7 Å². The van der Waals surface area contributed by atoms with Crippen LogP contribution in [-0.2, 0) is 17.8 Å². The van der Waals surface area contributed by atoms with Gasteiger partial charge in [-0.25, -0.2) is 4.39 Å². The van der Waals surface area contributed by atoms with Gasteiger partial charge in [-0.2, -0.15) is 0 Å². The lowest BCUT2D eigenvalue weighted by atomic mass is 9.83. The van der Waals surface area contributed by atoms with Crippen LogP contribution in [-0.4, -0.2) is 43.6 Å². The molecule has 186 valence electrons. The highest BCUT2D eigenvalue weighted by Crippen LogP contribution is 2.38. The van der Waals surface area contributed by atoms with E-state index in [1.807, 2.05) is 24.3 Å². The first-order chi connectivity index (χ1) is 17.4. The number of benzene rings is 3. The molecular formula is C27H27FN4O4. The Labute approximate surface area is 208 Å². The monoisotopic (exact) mass is 490 g/mol. The number of anilines is 2. The normalized spacial score (nSPS) is 18.7. The number of carbonyl (C=O) groups is 1. The second-order valence-electron chi connectivity index (χ2n) is 9.09. The summed E-state index contributed by atoms with van der Waals surface area (Å²) in [6.07, 6.45) is 0.373. The smallest absolute Gasteiger partial charge is 0.269 e. The molecule has 2 atom stereocenters. The standard InChI is InChI=1S/C27H27FN4O4/c1-36-22-9-6-20(7-10-22)30-12-13-31-25-11-8-21(32(34)35)14-19(25)15-23(26(31)17-30)27(33)29-16-18-4-2-3-5-24(18)28/h2-11,14,23,26H,12-13,15-17H2,1H3,(H,29,33)/t23-,26+/m0/s1. The molecule has 1 saturated heterocycles. The number of nitro benzene ring substituents is 1. The van der Waals surface area contributed by atoms with Crippen LogP contribution in [0, 0.1) is 21.8 Å². The molecule has 1 N–H and O–H groups in total. The predicted octanol–water partition coefficient (Wildman–Crippen LogP) is 3.93. The number of ether oxygens (including phenoxy) is 1. The number of rotatable bonds is 6. The number of methoxy groups -OCH3 is 1. The molecular weight excluding hydrogens is 463 g/mol. The van der Waals surface area contributed by atoms with Crippen LogP contribution in [0.3, 0.4) is 0 Å². The van der Waals surface area contributed by atoms with Crippen molar-refractivity contribution in [3.05, 3.63) is 93.8 Å². The van der Waals surface area contributed by atoms with Crippen LogP contribution < -0.4 is 19.9 Å². The van der Waals surface area contributed by atoms with E-state index in [-0.39, 0.29) is 30.0 Å². The van der Waals surface area contributed by atoms with Crippen molar-refractivity contribution in [1.82, 2.24) is 5.32 Å². The number of hydrogen-bond acceptors (Lipinski definition) is 6. The van der Waals surface area contributed by atoms with Gasteiger partial charge in [0.15, 0.2) is 0 Å². The summed E-state index contributed by atoms with van der Waals surface area (Å²) in [5, 5.41) is 14.3. The predicted molar refractivity (Wildman–Crippen MR) is 135 cm³/mol. The van der Waals surface area contributed by atoms with Gasteiger partial charge in [0.2, 0.25) is 5.91 Å². The number of non-ortho nitro benzene ring substituents is 1. The summed E-state index contributed by atoms with van der Waals surface area (Å²) in [6, 6.07) is 18.9. The maximum absolute atomic E-state index is 14.1. The molecule has 1 fully saturated rings. The highest BCUT2D eigenvalue weighted by molar-refractivity contribution is 5.82. The maximum Gasteiger partial charge on any atom is 0.269 e. The number of hydrogen-bond donors (Lipinski definition) is 1. The van der Waals surface area contributed by atoms with Crippen molar-refractivity contribution in [2.24, 2.45) is 5.92 Å².